The lowest BCUT2D eigenvalue weighted by Gasteiger charge is -2.39. The van der Waals surface area contributed by atoms with Crippen molar-refractivity contribution >= 4 is 23.2 Å². The summed E-state index contributed by atoms with van der Waals surface area (Å²) in [6, 6.07) is 20.7. The highest BCUT2D eigenvalue weighted by molar-refractivity contribution is 6.32. The van der Waals surface area contributed by atoms with Gasteiger partial charge in [-0.15, -0.1) is 11.6 Å². The van der Waals surface area contributed by atoms with Crippen LogP contribution in [-0.4, -0.2) is 35.3 Å². The lowest BCUT2D eigenvalue weighted by molar-refractivity contribution is -0.119. The number of alkyl halides is 1. The van der Waals surface area contributed by atoms with E-state index in [0.717, 1.165) is 38.2 Å². The van der Waals surface area contributed by atoms with Crippen molar-refractivity contribution in [2.45, 2.75) is 44.1 Å². The fraction of sp³-hybridized carbons (Fsp3) is 0.409. The Morgan fingerprint density at radius 1 is 1.08 bits per heavy atom. The van der Waals surface area contributed by atoms with E-state index in [0.29, 0.717) is 6.42 Å². The Bertz CT molecular complexity index is 684. The van der Waals surface area contributed by atoms with Gasteiger partial charge in [0.15, 0.2) is 0 Å². The fourth-order valence-corrected chi connectivity index (χ4v) is 3.71. The Labute approximate surface area is 161 Å². The summed E-state index contributed by atoms with van der Waals surface area (Å²) in [5, 5.41) is -0.461. The Morgan fingerprint density at radius 3 is 2.23 bits per heavy atom. The zero-order chi connectivity index (χ0) is 18.4. The van der Waals surface area contributed by atoms with E-state index in [2.05, 4.69) is 35.2 Å². The molecule has 1 saturated heterocycles. The predicted molar refractivity (Wildman–Crippen MR) is 109 cm³/mol. The average molecular weight is 371 g/mol. The SMILES string of the molecule is CCC(Cl)C(=O)N(c1ccccc1)C1CCN(Cc2ccccc2)CC1. The van der Waals surface area contributed by atoms with Crippen LogP contribution >= 0.6 is 11.6 Å². The lowest BCUT2D eigenvalue weighted by atomic mass is 10.0. The van der Waals surface area contributed by atoms with Gasteiger partial charge in [-0.2, -0.15) is 0 Å². The first-order valence-corrected chi connectivity index (χ1v) is 9.91. The fourth-order valence-electron chi connectivity index (χ4n) is 3.61. The van der Waals surface area contributed by atoms with Crippen molar-refractivity contribution in [2.75, 3.05) is 18.0 Å². The molecule has 4 heteroatoms. The van der Waals surface area contributed by atoms with Gasteiger partial charge in [0.2, 0.25) is 5.91 Å². The van der Waals surface area contributed by atoms with E-state index in [1.54, 1.807) is 0 Å². The molecule has 0 radical (unpaired) electrons. The number of hydrogen-bond donors (Lipinski definition) is 0. The van der Waals surface area contributed by atoms with E-state index in [1.165, 1.54) is 5.56 Å². The summed E-state index contributed by atoms with van der Waals surface area (Å²) in [5.41, 5.74) is 2.30. The van der Waals surface area contributed by atoms with E-state index < -0.39 is 5.38 Å². The third-order valence-electron chi connectivity index (χ3n) is 5.07. The molecule has 2 aromatic carbocycles. The topological polar surface area (TPSA) is 23.6 Å². The number of nitrogens with zero attached hydrogens (tertiary/aromatic N) is 2. The zero-order valence-electron chi connectivity index (χ0n) is 15.4. The second-order valence-corrected chi connectivity index (χ2v) is 7.44. The van der Waals surface area contributed by atoms with Gasteiger partial charge in [0, 0.05) is 31.4 Å². The standard InChI is InChI=1S/C22H27ClN2O/c1-2-21(23)22(26)25(19-11-7-4-8-12-19)20-13-15-24(16-14-20)17-18-9-5-3-6-10-18/h3-12,20-21H,2,13-17H2,1H3. The first kappa shape index (κ1) is 18.9. The van der Waals surface area contributed by atoms with Crippen LogP contribution in [0.4, 0.5) is 5.69 Å². The molecule has 1 unspecified atom stereocenters. The molecule has 2 aromatic rings. The molecule has 0 aliphatic carbocycles. The summed E-state index contributed by atoms with van der Waals surface area (Å²) in [4.78, 5) is 17.3. The van der Waals surface area contributed by atoms with Gasteiger partial charge in [0.05, 0.1) is 0 Å². The van der Waals surface area contributed by atoms with Gasteiger partial charge in [-0.3, -0.25) is 9.69 Å². The maximum Gasteiger partial charge on any atom is 0.245 e. The number of benzene rings is 2. The molecule has 1 aliphatic heterocycles. The molecule has 138 valence electrons. The van der Waals surface area contributed by atoms with Crippen LogP contribution in [0.5, 0.6) is 0 Å². The van der Waals surface area contributed by atoms with E-state index in [1.807, 2.05) is 42.2 Å². The number of piperidine rings is 1. The second-order valence-electron chi connectivity index (χ2n) is 6.91. The molecule has 0 bridgehead atoms. The van der Waals surface area contributed by atoms with E-state index in [-0.39, 0.29) is 11.9 Å². The number of para-hydroxylation sites is 1. The Balaban J connectivity index is 1.68. The number of halogens is 1. The first-order valence-electron chi connectivity index (χ1n) is 9.47. The summed E-state index contributed by atoms with van der Waals surface area (Å²) < 4.78 is 0. The molecule has 26 heavy (non-hydrogen) atoms. The minimum Gasteiger partial charge on any atom is -0.308 e. The van der Waals surface area contributed by atoms with Crippen molar-refractivity contribution in [3.63, 3.8) is 0 Å². The molecule has 1 aliphatic rings. The minimum absolute atomic E-state index is 0.0295. The van der Waals surface area contributed by atoms with Crippen molar-refractivity contribution in [1.29, 1.82) is 0 Å². The highest BCUT2D eigenvalue weighted by Crippen LogP contribution is 2.26. The summed E-state index contributed by atoms with van der Waals surface area (Å²) in [6.07, 6.45) is 2.60. The van der Waals surface area contributed by atoms with Crippen molar-refractivity contribution < 1.29 is 4.79 Å². The Morgan fingerprint density at radius 2 is 1.65 bits per heavy atom. The summed E-state index contributed by atoms with van der Waals surface area (Å²) >= 11 is 6.31. The molecule has 1 atom stereocenters. The zero-order valence-corrected chi connectivity index (χ0v) is 16.1. The van der Waals surface area contributed by atoms with Gasteiger partial charge >= 0.3 is 0 Å². The van der Waals surface area contributed by atoms with Crippen LogP contribution in [0, 0.1) is 0 Å². The summed E-state index contributed by atoms with van der Waals surface area (Å²) in [6.45, 7) is 4.92. The van der Waals surface area contributed by atoms with Gasteiger partial charge in [-0.25, -0.2) is 0 Å². The van der Waals surface area contributed by atoms with Crippen LogP contribution in [-0.2, 0) is 11.3 Å². The predicted octanol–water partition coefficient (Wildman–Crippen LogP) is 4.70. The lowest BCUT2D eigenvalue weighted by Crippen LogP contribution is -2.49. The molecule has 0 N–H and O–H groups in total. The molecule has 0 aromatic heterocycles. The molecule has 0 spiro atoms. The molecule has 3 rings (SSSR count). The van der Waals surface area contributed by atoms with E-state index in [4.69, 9.17) is 11.6 Å². The van der Waals surface area contributed by atoms with Gasteiger partial charge in [-0.1, -0.05) is 55.5 Å². The minimum atomic E-state index is -0.461. The maximum absolute atomic E-state index is 12.9. The largest absolute Gasteiger partial charge is 0.308 e. The molecular weight excluding hydrogens is 344 g/mol. The van der Waals surface area contributed by atoms with Crippen molar-refractivity contribution in [2.24, 2.45) is 0 Å². The van der Waals surface area contributed by atoms with Gasteiger partial charge < -0.3 is 4.90 Å². The quantitative estimate of drug-likeness (QED) is 0.688. The number of carbonyl (C=O) groups excluding carboxylic acids is 1. The van der Waals surface area contributed by atoms with Crippen LogP contribution in [0.15, 0.2) is 60.7 Å². The monoisotopic (exact) mass is 370 g/mol. The first-order chi connectivity index (χ1) is 12.7. The molecule has 0 saturated carbocycles. The Hall–Kier alpha value is -1.84. The third-order valence-corrected chi connectivity index (χ3v) is 5.56. The third kappa shape index (κ3) is 4.66. The van der Waals surface area contributed by atoms with Crippen molar-refractivity contribution in [3.8, 4) is 0 Å². The smallest absolute Gasteiger partial charge is 0.245 e. The van der Waals surface area contributed by atoms with Crippen LogP contribution in [0.1, 0.15) is 31.7 Å². The molecule has 1 heterocycles. The van der Waals surface area contributed by atoms with E-state index in [9.17, 15) is 4.79 Å². The molecule has 3 nitrogen and oxygen atoms in total. The van der Waals surface area contributed by atoms with Gasteiger partial charge in [0.25, 0.3) is 0 Å². The van der Waals surface area contributed by atoms with Gasteiger partial charge in [-0.05, 0) is 37.0 Å². The number of rotatable bonds is 6. The number of hydrogen-bond acceptors (Lipinski definition) is 2. The van der Waals surface area contributed by atoms with Crippen LogP contribution < -0.4 is 4.90 Å². The number of amides is 1. The Kier molecular flexibility index (Phi) is 6.70. The number of likely N-dealkylation sites (tertiary alicyclic amines) is 1. The van der Waals surface area contributed by atoms with Gasteiger partial charge in [0.1, 0.15) is 5.38 Å². The summed E-state index contributed by atoms with van der Waals surface area (Å²) in [5.74, 6) is 0.0295. The number of anilines is 1. The summed E-state index contributed by atoms with van der Waals surface area (Å²) in [7, 11) is 0. The van der Waals surface area contributed by atoms with Crippen LogP contribution in [0.25, 0.3) is 0 Å². The van der Waals surface area contributed by atoms with Crippen LogP contribution in [0.2, 0.25) is 0 Å². The highest BCUT2D eigenvalue weighted by Gasteiger charge is 2.31. The highest BCUT2D eigenvalue weighted by atomic mass is 35.5. The normalized spacial score (nSPS) is 17.0. The second kappa shape index (κ2) is 9.20. The maximum atomic E-state index is 12.9. The molecule has 1 fully saturated rings. The average Bonchev–Trinajstić information content (AvgIpc) is 2.70. The number of carbonyl (C=O) groups is 1. The van der Waals surface area contributed by atoms with E-state index >= 15 is 0 Å². The van der Waals surface area contributed by atoms with Crippen molar-refractivity contribution in [3.05, 3.63) is 66.2 Å². The molecular formula is C22H27ClN2O. The van der Waals surface area contributed by atoms with Crippen molar-refractivity contribution in [1.82, 2.24) is 4.90 Å². The van der Waals surface area contributed by atoms with Crippen LogP contribution in [0.3, 0.4) is 0 Å². The molecule has 1 amide bonds.